The van der Waals surface area contributed by atoms with Gasteiger partial charge < -0.3 is 14.2 Å². The molecule has 0 N–H and O–H groups in total. The van der Waals surface area contributed by atoms with Gasteiger partial charge in [0.05, 0.1) is 18.2 Å². The molecule has 22 heavy (non-hydrogen) atoms. The Kier molecular flexibility index (Phi) is 4.09. The van der Waals surface area contributed by atoms with Gasteiger partial charge in [0.1, 0.15) is 5.75 Å². The molecule has 1 atom stereocenters. The quantitative estimate of drug-likeness (QED) is 0.849. The van der Waals surface area contributed by atoms with Crippen molar-refractivity contribution < 1.29 is 14.1 Å². The zero-order valence-corrected chi connectivity index (χ0v) is 12.8. The van der Waals surface area contributed by atoms with Gasteiger partial charge in [0, 0.05) is 19.4 Å². The second-order valence-corrected chi connectivity index (χ2v) is 5.21. The third-order valence-corrected chi connectivity index (χ3v) is 3.73. The number of carbonyl (C=O) groups is 1. The summed E-state index contributed by atoms with van der Waals surface area (Å²) in [5.74, 6) is 1.93. The SMILES string of the molecule is CCOc1ccccc1N1CC(c2nc(CC)no2)CC1=O. The van der Waals surface area contributed by atoms with Gasteiger partial charge in [0.2, 0.25) is 11.8 Å². The molecule has 1 saturated heterocycles. The van der Waals surface area contributed by atoms with Crippen molar-refractivity contribution in [3.8, 4) is 5.75 Å². The number of rotatable bonds is 5. The molecule has 0 spiro atoms. The normalized spacial score (nSPS) is 18.0. The lowest BCUT2D eigenvalue weighted by molar-refractivity contribution is -0.117. The van der Waals surface area contributed by atoms with Crippen LogP contribution in [0.3, 0.4) is 0 Å². The molecule has 0 aliphatic carbocycles. The van der Waals surface area contributed by atoms with Crippen LogP contribution in [0.1, 0.15) is 37.9 Å². The lowest BCUT2D eigenvalue weighted by Gasteiger charge is -2.19. The predicted octanol–water partition coefficient (Wildman–Crippen LogP) is 2.55. The molecule has 0 bridgehead atoms. The van der Waals surface area contributed by atoms with Gasteiger partial charge in [0.25, 0.3) is 0 Å². The molecule has 1 aromatic heterocycles. The molecule has 1 aliphatic heterocycles. The summed E-state index contributed by atoms with van der Waals surface area (Å²) in [7, 11) is 0. The summed E-state index contributed by atoms with van der Waals surface area (Å²) in [5, 5.41) is 3.91. The van der Waals surface area contributed by atoms with Crippen molar-refractivity contribution in [3.63, 3.8) is 0 Å². The second kappa shape index (κ2) is 6.17. The van der Waals surface area contributed by atoms with Crippen LogP contribution in [-0.2, 0) is 11.2 Å². The molecule has 1 aliphatic rings. The number of hydrogen-bond donors (Lipinski definition) is 0. The zero-order valence-electron chi connectivity index (χ0n) is 12.8. The van der Waals surface area contributed by atoms with E-state index >= 15 is 0 Å². The number of hydrogen-bond acceptors (Lipinski definition) is 5. The molecular formula is C16H19N3O3. The fourth-order valence-corrected chi connectivity index (χ4v) is 2.64. The molecule has 6 heteroatoms. The summed E-state index contributed by atoms with van der Waals surface area (Å²) in [6.45, 7) is 5.00. The van der Waals surface area contributed by atoms with Gasteiger partial charge in [0.15, 0.2) is 5.82 Å². The lowest BCUT2D eigenvalue weighted by Crippen LogP contribution is -2.25. The minimum Gasteiger partial charge on any atom is -0.492 e. The van der Waals surface area contributed by atoms with E-state index in [9.17, 15) is 4.79 Å². The van der Waals surface area contributed by atoms with Crippen molar-refractivity contribution in [1.82, 2.24) is 10.1 Å². The zero-order chi connectivity index (χ0) is 15.5. The summed E-state index contributed by atoms with van der Waals surface area (Å²) in [6, 6.07) is 7.58. The molecule has 116 valence electrons. The number of para-hydroxylation sites is 2. The van der Waals surface area contributed by atoms with Crippen LogP contribution in [0.5, 0.6) is 5.75 Å². The molecule has 0 saturated carbocycles. The molecule has 3 rings (SSSR count). The number of amides is 1. The average Bonchev–Trinajstić information content (AvgIpc) is 3.14. The number of benzene rings is 1. The third kappa shape index (κ3) is 2.68. The Morgan fingerprint density at radius 1 is 1.36 bits per heavy atom. The van der Waals surface area contributed by atoms with E-state index < -0.39 is 0 Å². The summed E-state index contributed by atoms with van der Waals surface area (Å²) >= 11 is 0. The third-order valence-electron chi connectivity index (χ3n) is 3.73. The van der Waals surface area contributed by atoms with Crippen LogP contribution in [0.25, 0.3) is 0 Å². The van der Waals surface area contributed by atoms with Gasteiger partial charge in [-0.05, 0) is 19.1 Å². The van der Waals surface area contributed by atoms with Crippen molar-refractivity contribution in [2.24, 2.45) is 0 Å². The maximum atomic E-state index is 12.4. The van der Waals surface area contributed by atoms with E-state index in [1.165, 1.54) is 0 Å². The van der Waals surface area contributed by atoms with Gasteiger partial charge in [-0.15, -0.1) is 0 Å². The summed E-state index contributed by atoms with van der Waals surface area (Å²) in [5.41, 5.74) is 0.798. The Labute approximate surface area is 129 Å². The maximum absolute atomic E-state index is 12.4. The topological polar surface area (TPSA) is 68.5 Å². The first-order valence-electron chi connectivity index (χ1n) is 7.57. The van der Waals surface area contributed by atoms with Crippen molar-refractivity contribution in [2.45, 2.75) is 32.6 Å². The molecule has 1 amide bonds. The Bertz CT molecular complexity index is 668. The number of anilines is 1. The number of nitrogens with zero attached hydrogens (tertiary/aromatic N) is 3. The molecular weight excluding hydrogens is 282 g/mol. The van der Waals surface area contributed by atoms with E-state index in [1.807, 2.05) is 38.1 Å². The van der Waals surface area contributed by atoms with Crippen LogP contribution in [0.2, 0.25) is 0 Å². The first kappa shape index (κ1) is 14.6. The van der Waals surface area contributed by atoms with Gasteiger partial charge in [-0.2, -0.15) is 4.98 Å². The predicted molar refractivity (Wildman–Crippen MR) is 81.0 cm³/mol. The minimum atomic E-state index is -0.0602. The number of carbonyl (C=O) groups excluding carboxylic acids is 1. The van der Waals surface area contributed by atoms with Crippen LogP contribution in [0, 0.1) is 0 Å². The van der Waals surface area contributed by atoms with Crippen LogP contribution >= 0.6 is 0 Å². The molecule has 6 nitrogen and oxygen atoms in total. The van der Waals surface area contributed by atoms with E-state index in [4.69, 9.17) is 9.26 Å². The highest BCUT2D eigenvalue weighted by atomic mass is 16.5. The first-order chi connectivity index (χ1) is 10.7. The number of aromatic nitrogens is 2. The van der Waals surface area contributed by atoms with E-state index in [1.54, 1.807) is 4.90 Å². The smallest absolute Gasteiger partial charge is 0.232 e. The first-order valence-corrected chi connectivity index (χ1v) is 7.57. The van der Waals surface area contributed by atoms with Crippen LogP contribution < -0.4 is 9.64 Å². The van der Waals surface area contributed by atoms with Crippen molar-refractivity contribution in [1.29, 1.82) is 0 Å². The fourth-order valence-electron chi connectivity index (χ4n) is 2.64. The van der Waals surface area contributed by atoms with Crippen LogP contribution in [-0.4, -0.2) is 29.2 Å². The van der Waals surface area contributed by atoms with E-state index in [0.29, 0.717) is 31.3 Å². The highest BCUT2D eigenvalue weighted by molar-refractivity contribution is 5.97. The Hall–Kier alpha value is -2.37. The second-order valence-electron chi connectivity index (χ2n) is 5.21. The minimum absolute atomic E-state index is 0.0494. The summed E-state index contributed by atoms with van der Waals surface area (Å²) in [6.07, 6.45) is 1.10. The largest absolute Gasteiger partial charge is 0.492 e. The molecule has 1 unspecified atom stereocenters. The molecule has 0 radical (unpaired) electrons. The standard InChI is InChI=1S/C16H19N3O3/c1-3-14-17-16(22-18-14)11-9-15(20)19(10-11)12-7-5-6-8-13(12)21-4-2/h5-8,11H,3-4,9-10H2,1-2H3. The van der Waals surface area contributed by atoms with Gasteiger partial charge in [-0.1, -0.05) is 24.2 Å². The Morgan fingerprint density at radius 2 is 2.18 bits per heavy atom. The fraction of sp³-hybridized carbons (Fsp3) is 0.438. The van der Waals surface area contributed by atoms with E-state index in [2.05, 4.69) is 10.1 Å². The molecule has 2 aromatic rings. The monoisotopic (exact) mass is 301 g/mol. The lowest BCUT2D eigenvalue weighted by atomic mass is 10.1. The van der Waals surface area contributed by atoms with Gasteiger partial charge >= 0.3 is 0 Å². The number of ether oxygens (including phenoxy) is 1. The Balaban J connectivity index is 1.83. The van der Waals surface area contributed by atoms with E-state index in [0.717, 1.165) is 17.9 Å². The highest BCUT2D eigenvalue weighted by Gasteiger charge is 2.36. The molecule has 1 fully saturated rings. The van der Waals surface area contributed by atoms with E-state index in [-0.39, 0.29) is 11.8 Å². The van der Waals surface area contributed by atoms with Crippen molar-refractivity contribution in [2.75, 3.05) is 18.1 Å². The highest BCUT2D eigenvalue weighted by Crippen LogP contribution is 2.36. The molecule has 2 heterocycles. The van der Waals surface area contributed by atoms with Crippen molar-refractivity contribution >= 4 is 11.6 Å². The number of aryl methyl sites for hydroxylation is 1. The summed E-state index contributed by atoms with van der Waals surface area (Å²) in [4.78, 5) is 18.5. The van der Waals surface area contributed by atoms with Crippen molar-refractivity contribution in [3.05, 3.63) is 36.0 Å². The average molecular weight is 301 g/mol. The van der Waals surface area contributed by atoms with Gasteiger partial charge in [-0.3, -0.25) is 4.79 Å². The Morgan fingerprint density at radius 3 is 2.91 bits per heavy atom. The van der Waals surface area contributed by atoms with Gasteiger partial charge in [-0.25, -0.2) is 0 Å². The maximum Gasteiger partial charge on any atom is 0.232 e. The van der Waals surface area contributed by atoms with Crippen LogP contribution in [0.15, 0.2) is 28.8 Å². The molecule has 1 aromatic carbocycles. The van der Waals surface area contributed by atoms with Crippen LogP contribution in [0.4, 0.5) is 5.69 Å². The summed E-state index contributed by atoms with van der Waals surface area (Å²) < 4.78 is 10.9.